The molecule has 0 atom stereocenters. The topological polar surface area (TPSA) is 24.1 Å². The molecule has 0 amide bonds. The third-order valence-corrected chi connectivity index (χ3v) is 6.37. The molecule has 28 heavy (non-hydrogen) atoms. The fourth-order valence-corrected chi connectivity index (χ4v) is 4.21. The zero-order valence-electron chi connectivity index (χ0n) is 16.0. The second-order valence-corrected chi connectivity index (χ2v) is 9.23. The molecule has 0 saturated heterocycles. The molecule has 0 radical (unpaired) electrons. The summed E-state index contributed by atoms with van der Waals surface area (Å²) in [5, 5.41) is 7.28. The molecule has 2 aromatic rings. The van der Waals surface area contributed by atoms with Crippen LogP contribution < -0.4 is 10.6 Å². The SMILES string of the molecule is Brc1ccc(CNCC2CCC(CNCc3ccc(Br)cc3)CC2)cc1.Cl.Cl. The van der Waals surface area contributed by atoms with Crippen molar-refractivity contribution >= 4 is 56.7 Å². The highest BCUT2D eigenvalue weighted by atomic mass is 79.9. The van der Waals surface area contributed by atoms with Crippen molar-refractivity contribution in [2.24, 2.45) is 11.8 Å². The summed E-state index contributed by atoms with van der Waals surface area (Å²) >= 11 is 6.98. The number of halogens is 4. The first kappa shape index (κ1) is 25.9. The quantitative estimate of drug-likeness (QED) is 0.379. The van der Waals surface area contributed by atoms with Crippen molar-refractivity contribution in [3.63, 3.8) is 0 Å². The third kappa shape index (κ3) is 9.15. The maximum atomic E-state index is 3.64. The standard InChI is InChI=1S/C22H28Br2N2.2ClH/c23-21-9-5-19(6-10-21)15-25-13-17-1-2-18(4-3-17)14-26-16-20-7-11-22(24)12-8-20;;/h5-12,17-18,25-26H,1-4,13-16H2;2*1H. The van der Waals surface area contributed by atoms with Gasteiger partial charge in [0.15, 0.2) is 0 Å². The zero-order chi connectivity index (χ0) is 18.2. The lowest BCUT2D eigenvalue weighted by Crippen LogP contribution is -2.30. The van der Waals surface area contributed by atoms with Crippen molar-refractivity contribution in [1.82, 2.24) is 10.6 Å². The second kappa shape index (κ2) is 14.0. The van der Waals surface area contributed by atoms with Gasteiger partial charge in [-0.2, -0.15) is 0 Å². The first-order valence-electron chi connectivity index (χ1n) is 9.59. The van der Waals surface area contributed by atoms with E-state index in [-0.39, 0.29) is 24.8 Å². The minimum Gasteiger partial charge on any atom is -0.312 e. The Labute approximate surface area is 198 Å². The van der Waals surface area contributed by atoms with E-state index in [9.17, 15) is 0 Å². The van der Waals surface area contributed by atoms with Gasteiger partial charge >= 0.3 is 0 Å². The first-order chi connectivity index (χ1) is 12.7. The van der Waals surface area contributed by atoms with Crippen molar-refractivity contribution < 1.29 is 0 Å². The Morgan fingerprint density at radius 1 is 0.607 bits per heavy atom. The van der Waals surface area contributed by atoms with E-state index in [0.29, 0.717) is 0 Å². The largest absolute Gasteiger partial charge is 0.312 e. The molecule has 0 aliphatic heterocycles. The Hall–Kier alpha value is -0.100. The summed E-state index contributed by atoms with van der Waals surface area (Å²) in [7, 11) is 0. The van der Waals surface area contributed by atoms with E-state index >= 15 is 0 Å². The van der Waals surface area contributed by atoms with Gasteiger partial charge < -0.3 is 10.6 Å². The average Bonchev–Trinajstić information content (AvgIpc) is 2.66. The lowest BCUT2D eigenvalue weighted by atomic mass is 9.82. The molecular formula is C22H30Br2Cl2N2. The van der Waals surface area contributed by atoms with Gasteiger partial charge in [-0.05, 0) is 86.0 Å². The van der Waals surface area contributed by atoms with Crippen LogP contribution in [-0.4, -0.2) is 13.1 Å². The Morgan fingerprint density at radius 3 is 1.25 bits per heavy atom. The Kier molecular flexibility index (Phi) is 13.0. The van der Waals surface area contributed by atoms with Crippen molar-refractivity contribution in [3.05, 3.63) is 68.6 Å². The Morgan fingerprint density at radius 2 is 0.929 bits per heavy atom. The van der Waals surface area contributed by atoms with Crippen molar-refractivity contribution in [1.29, 1.82) is 0 Å². The van der Waals surface area contributed by atoms with Crippen LogP contribution in [0.5, 0.6) is 0 Å². The minimum atomic E-state index is 0. The lowest BCUT2D eigenvalue weighted by molar-refractivity contribution is 0.261. The fraction of sp³-hybridized carbons (Fsp3) is 0.455. The molecule has 2 nitrogen and oxygen atoms in total. The van der Waals surface area contributed by atoms with Gasteiger partial charge in [-0.15, -0.1) is 24.8 Å². The summed E-state index contributed by atoms with van der Waals surface area (Å²) in [6.45, 7) is 4.24. The van der Waals surface area contributed by atoms with E-state index < -0.39 is 0 Å². The molecule has 0 spiro atoms. The molecule has 2 N–H and O–H groups in total. The molecule has 2 aromatic carbocycles. The number of hydrogen-bond donors (Lipinski definition) is 2. The highest BCUT2D eigenvalue weighted by Gasteiger charge is 2.20. The van der Waals surface area contributed by atoms with E-state index in [1.54, 1.807) is 0 Å². The summed E-state index contributed by atoms with van der Waals surface area (Å²) < 4.78 is 2.29. The monoisotopic (exact) mass is 550 g/mol. The van der Waals surface area contributed by atoms with Gasteiger partial charge in [0.05, 0.1) is 0 Å². The highest BCUT2D eigenvalue weighted by Crippen LogP contribution is 2.28. The van der Waals surface area contributed by atoms with Gasteiger partial charge in [0.1, 0.15) is 0 Å². The molecule has 156 valence electrons. The molecule has 1 fully saturated rings. The predicted molar refractivity (Wildman–Crippen MR) is 132 cm³/mol. The van der Waals surface area contributed by atoms with E-state index in [1.807, 2.05) is 0 Å². The van der Waals surface area contributed by atoms with Crippen LogP contribution in [0.2, 0.25) is 0 Å². The Bertz CT molecular complexity index is 598. The molecular weight excluding hydrogens is 523 g/mol. The molecule has 1 aliphatic carbocycles. The van der Waals surface area contributed by atoms with Crippen molar-refractivity contribution in [2.45, 2.75) is 38.8 Å². The molecule has 0 heterocycles. The Balaban J connectivity index is 0.00000196. The zero-order valence-corrected chi connectivity index (χ0v) is 20.8. The van der Waals surface area contributed by atoms with E-state index in [1.165, 1.54) is 36.8 Å². The lowest BCUT2D eigenvalue weighted by Gasteiger charge is -2.29. The van der Waals surface area contributed by atoms with Crippen molar-refractivity contribution in [2.75, 3.05) is 13.1 Å². The summed E-state index contributed by atoms with van der Waals surface area (Å²) in [6, 6.07) is 17.2. The van der Waals surface area contributed by atoms with E-state index in [4.69, 9.17) is 0 Å². The molecule has 0 unspecified atom stereocenters. The average molecular weight is 553 g/mol. The smallest absolute Gasteiger partial charge is 0.0205 e. The van der Waals surface area contributed by atoms with E-state index in [0.717, 1.165) is 47.0 Å². The minimum absolute atomic E-state index is 0. The molecule has 1 saturated carbocycles. The first-order valence-corrected chi connectivity index (χ1v) is 11.2. The van der Waals surface area contributed by atoms with Crippen molar-refractivity contribution in [3.8, 4) is 0 Å². The van der Waals surface area contributed by atoms with Gasteiger partial charge in [-0.1, -0.05) is 56.1 Å². The summed E-state index contributed by atoms with van der Waals surface area (Å²) in [4.78, 5) is 0. The maximum Gasteiger partial charge on any atom is 0.0205 e. The predicted octanol–water partition coefficient (Wildman–Crippen LogP) is 6.74. The normalized spacial score (nSPS) is 18.8. The molecule has 1 aliphatic rings. The molecule has 3 rings (SSSR count). The number of rotatable bonds is 8. The molecule has 0 aromatic heterocycles. The second-order valence-electron chi connectivity index (χ2n) is 7.40. The van der Waals surface area contributed by atoms with Crippen LogP contribution >= 0.6 is 56.7 Å². The van der Waals surface area contributed by atoms with Crippen LogP contribution in [0.4, 0.5) is 0 Å². The van der Waals surface area contributed by atoms with E-state index in [2.05, 4.69) is 91.0 Å². The highest BCUT2D eigenvalue weighted by molar-refractivity contribution is 9.10. The van der Waals surface area contributed by atoms with Crippen LogP contribution in [0.3, 0.4) is 0 Å². The maximum absolute atomic E-state index is 3.64. The van der Waals surface area contributed by atoms with Gasteiger partial charge in [0, 0.05) is 22.0 Å². The van der Waals surface area contributed by atoms with Crippen LogP contribution in [-0.2, 0) is 13.1 Å². The number of benzene rings is 2. The summed E-state index contributed by atoms with van der Waals surface area (Å²) in [6.07, 6.45) is 5.44. The molecule has 0 bridgehead atoms. The molecule has 6 heteroatoms. The summed E-state index contributed by atoms with van der Waals surface area (Å²) in [5.41, 5.74) is 2.72. The van der Waals surface area contributed by atoms with Gasteiger partial charge in [0.2, 0.25) is 0 Å². The van der Waals surface area contributed by atoms with Crippen LogP contribution in [0, 0.1) is 11.8 Å². The van der Waals surface area contributed by atoms with Crippen LogP contribution in [0.25, 0.3) is 0 Å². The van der Waals surface area contributed by atoms with Gasteiger partial charge in [-0.25, -0.2) is 0 Å². The fourth-order valence-electron chi connectivity index (χ4n) is 3.69. The number of hydrogen-bond acceptors (Lipinski definition) is 2. The summed E-state index contributed by atoms with van der Waals surface area (Å²) in [5.74, 6) is 1.68. The van der Waals surface area contributed by atoms with Crippen LogP contribution in [0.15, 0.2) is 57.5 Å². The van der Waals surface area contributed by atoms with Gasteiger partial charge in [-0.3, -0.25) is 0 Å². The third-order valence-electron chi connectivity index (χ3n) is 5.32. The number of nitrogens with one attached hydrogen (secondary N) is 2. The van der Waals surface area contributed by atoms with Crippen LogP contribution in [0.1, 0.15) is 36.8 Å². The van der Waals surface area contributed by atoms with Gasteiger partial charge in [0.25, 0.3) is 0 Å².